The molecular weight excluding hydrogens is 345 g/mol. The lowest BCUT2D eigenvalue weighted by Crippen LogP contribution is -2.18. The summed E-state index contributed by atoms with van der Waals surface area (Å²) < 4.78 is 1.15. The molecule has 17 heavy (non-hydrogen) atoms. The molecule has 90 valence electrons. The summed E-state index contributed by atoms with van der Waals surface area (Å²) in [6.07, 6.45) is 0. The van der Waals surface area contributed by atoms with Crippen LogP contribution >= 0.6 is 33.9 Å². The molecule has 0 fully saturated rings. The van der Waals surface area contributed by atoms with Gasteiger partial charge in [0.05, 0.1) is 28.6 Å². The van der Waals surface area contributed by atoms with Gasteiger partial charge in [-0.3, -0.25) is 0 Å². The first-order chi connectivity index (χ1) is 8.06. The van der Waals surface area contributed by atoms with Crippen LogP contribution in [-0.4, -0.2) is 12.0 Å². The molecule has 2 rings (SSSR count). The molecular formula is C12H14IN3S. The van der Waals surface area contributed by atoms with Crippen LogP contribution in [0.2, 0.25) is 0 Å². The Bertz CT molecular complexity index is 524. The fourth-order valence-electron chi connectivity index (χ4n) is 1.68. The number of hydrogen-bond acceptors (Lipinski definition) is 4. The topological polar surface area (TPSA) is 42.2 Å². The van der Waals surface area contributed by atoms with Gasteiger partial charge < -0.3 is 10.6 Å². The van der Waals surface area contributed by atoms with Crippen LogP contribution in [0.5, 0.6) is 0 Å². The molecule has 0 aliphatic carbocycles. The molecule has 1 aromatic heterocycles. The largest absolute Gasteiger partial charge is 0.397 e. The standard InChI is InChI=1S/C12H14IN3S/c1-8-15-10(7-17-8)6-16(2)12-4-3-9(13)5-11(12)14/h3-5,7H,6,14H2,1-2H3. The van der Waals surface area contributed by atoms with E-state index in [2.05, 4.69) is 50.0 Å². The van der Waals surface area contributed by atoms with E-state index in [4.69, 9.17) is 5.73 Å². The van der Waals surface area contributed by atoms with E-state index in [9.17, 15) is 0 Å². The van der Waals surface area contributed by atoms with Crippen LogP contribution in [0, 0.1) is 10.5 Å². The molecule has 0 radical (unpaired) electrons. The minimum atomic E-state index is 0.787. The highest BCUT2D eigenvalue weighted by Gasteiger charge is 2.08. The van der Waals surface area contributed by atoms with Crippen molar-refractivity contribution in [2.75, 3.05) is 17.7 Å². The zero-order chi connectivity index (χ0) is 12.4. The first-order valence-corrected chi connectivity index (χ1v) is 7.19. The van der Waals surface area contributed by atoms with Crippen LogP contribution in [0.25, 0.3) is 0 Å². The first kappa shape index (κ1) is 12.6. The number of rotatable bonds is 3. The van der Waals surface area contributed by atoms with E-state index in [0.29, 0.717) is 0 Å². The maximum Gasteiger partial charge on any atom is 0.0898 e. The van der Waals surface area contributed by atoms with Crippen LogP contribution in [0.1, 0.15) is 10.7 Å². The van der Waals surface area contributed by atoms with Gasteiger partial charge in [-0.2, -0.15) is 0 Å². The van der Waals surface area contributed by atoms with E-state index in [1.807, 2.05) is 20.0 Å². The second-order valence-corrected chi connectivity index (χ2v) is 6.22. The summed E-state index contributed by atoms with van der Waals surface area (Å²) in [6, 6.07) is 6.10. The van der Waals surface area contributed by atoms with Crippen LogP contribution < -0.4 is 10.6 Å². The smallest absolute Gasteiger partial charge is 0.0898 e. The quantitative estimate of drug-likeness (QED) is 0.676. The highest BCUT2D eigenvalue weighted by molar-refractivity contribution is 14.1. The number of nitrogens with two attached hydrogens (primary N) is 1. The number of benzene rings is 1. The number of anilines is 2. The van der Waals surface area contributed by atoms with Crippen molar-refractivity contribution in [3.63, 3.8) is 0 Å². The lowest BCUT2D eigenvalue weighted by atomic mass is 10.2. The number of nitrogens with zero attached hydrogens (tertiary/aromatic N) is 2. The minimum Gasteiger partial charge on any atom is -0.397 e. The lowest BCUT2D eigenvalue weighted by molar-refractivity contribution is 0.891. The second-order valence-electron chi connectivity index (χ2n) is 3.92. The zero-order valence-corrected chi connectivity index (χ0v) is 12.7. The van der Waals surface area contributed by atoms with Crippen LogP contribution in [-0.2, 0) is 6.54 Å². The monoisotopic (exact) mass is 359 g/mol. The number of aryl methyl sites for hydroxylation is 1. The Morgan fingerprint density at radius 3 is 2.82 bits per heavy atom. The highest BCUT2D eigenvalue weighted by Crippen LogP contribution is 2.25. The summed E-state index contributed by atoms with van der Waals surface area (Å²) in [6.45, 7) is 2.81. The Morgan fingerprint density at radius 2 is 2.24 bits per heavy atom. The van der Waals surface area contributed by atoms with Crippen molar-refractivity contribution < 1.29 is 0 Å². The summed E-state index contributed by atoms with van der Waals surface area (Å²) in [5.74, 6) is 0. The van der Waals surface area contributed by atoms with Gasteiger partial charge in [-0.05, 0) is 47.7 Å². The molecule has 1 aromatic carbocycles. The van der Waals surface area contributed by atoms with Gasteiger partial charge in [-0.25, -0.2) is 4.98 Å². The predicted molar refractivity (Wildman–Crippen MR) is 82.5 cm³/mol. The molecule has 5 heteroatoms. The Balaban J connectivity index is 2.17. The van der Waals surface area contributed by atoms with Crippen molar-refractivity contribution >= 4 is 45.3 Å². The number of aromatic nitrogens is 1. The van der Waals surface area contributed by atoms with Crippen LogP contribution in [0.15, 0.2) is 23.6 Å². The molecule has 0 bridgehead atoms. The second kappa shape index (κ2) is 5.22. The van der Waals surface area contributed by atoms with Gasteiger partial charge in [0.1, 0.15) is 0 Å². The maximum absolute atomic E-state index is 6.02. The van der Waals surface area contributed by atoms with Crippen molar-refractivity contribution in [3.05, 3.63) is 37.9 Å². The van der Waals surface area contributed by atoms with Gasteiger partial charge in [0.25, 0.3) is 0 Å². The third kappa shape index (κ3) is 3.10. The summed E-state index contributed by atoms with van der Waals surface area (Å²) in [5.41, 5.74) is 8.97. The molecule has 0 amide bonds. The van der Waals surface area contributed by atoms with E-state index >= 15 is 0 Å². The molecule has 3 nitrogen and oxygen atoms in total. The Labute approximate surface area is 119 Å². The summed E-state index contributed by atoms with van der Waals surface area (Å²) >= 11 is 3.94. The Kier molecular flexibility index (Phi) is 3.88. The van der Waals surface area contributed by atoms with Gasteiger partial charge in [0.2, 0.25) is 0 Å². The van der Waals surface area contributed by atoms with Gasteiger partial charge in [0.15, 0.2) is 0 Å². The van der Waals surface area contributed by atoms with Crippen molar-refractivity contribution in [2.24, 2.45) is 0 Å². The normalized spacial score (nSPS) is 10.5. The summed E-state index contributed by atoms with van der Waals surface area (Å²) in [5, 5.41) is 3.19. The molecule has 2 aromatic rings. The van der Waals surface area contributed by atoms with E-state index in [-0.39, 0.29) is 0 Å². The van der Waals surface area contributed by atoms with Gasteiger partial charge in [-0.15, -0.1) is 11.3 Å². The number of halogens is 1. The summed E-state index contributed by atoms with van der Waals surface area (Å²) in [7, 11) is 2.03. The Morgan fingerprint density at radius 1 is 1.47 bits per heavy atom. The fourth-order valence-corrected chi connectivity index (χ4v) is 2.80. The number of nitrogen functional groups attached to an aromatic ring is 1. The number of hydrogen-bond donors (Lipinski definition) is 1. The SMILES string of the molecule is Cc1nc(CN(C)c2ccc(I)cc2N)cs1. The van der Waals surface area contributed by atoms with Crippen molar-refractivity contribution in [2.45, 2.75) is 13.5 Å². The van der Waals surface area contributed by atoms with Crippen molar-refractivity contribution in [1.82, 2.24) is 4.98 Å². The average molecular weight is 359 g/mol. The van der Waals surface area contributed by atoms with E-state index < -0.39 is 0 Å². The first-order valence-electron chi connectivity index (χ1n) is 5.23. The predicted octanol–water partition coefficient (Wildman–Crippen LogP) is 3.27. The third-order valence-electron chi connectivity index (χ3n) is 2.47. The minimum absolute atomic E-state index is 0.787. The number of thiazole rings is 1. The molecule has 2 N–H and O–H groups in total. The Hall–Kier alpha value is -0.820. The average Bonchev–Trinajstić information content (AvgIpc) is 2.63. The van der Waals surface area contributed by atoms with Crippen LogP contribution in [0.4, 0.5) is 11.4 Å². The highest BCUT2D eigenvalue weighted by atomic mass is 127. The molecule has 0 spiro atoms. The molecule has 0 aliphatic heterocycles. The molecule has 0 unspecified atom stereocenters. The molecule has 0 saturated carbocycles. The molecule has 1 heterocycles. The van der Waals surface area contributed by atoms with Gasteiger partial charge in [-0.1, -0.05) is 0 Å². The van der Waals surface area contributed by atoms with Gasteiger partial charge in [0, 0.05) is 16.0 Å². The third-order valence-corrected chi connectivity index (χ3v) is 3.96. The summed E-state index contributed by atoms with van der Waals surface area (Å²) in [4.78, 5) is 6.58. The van der Waals surface area contributed by atoms with Crippen LogP contribution in [0.3, 0.4) is 0 Å². The van der Waals surface area contributed by atoms with E-state index in [0.717, 1.165) is 32.2 Å². The zero-order valence-electron chi connectivity index (χ0n) is 9.77. The molecule has 0 saturated heterocycles. The van der Waals surface area contributed by atoms with E-state index in [1.54, 1.807) is 11.3 Å². The fraction of sp³-hybridized carbons (Fsp3) is 0.250. The van der Waals surface area contributed by atoms with Gasteiger partial charge >= 0.3 is 0 Å². The maximum atomic E-state index is 6.02. The van der Waals surface area contributed by atoms with Crippen molar-refractivity contribution in [1.29, 1.82) is 0 Å². The molecule has 0 atom stereocenters. The van der Waals surface area contributed by atoms with Crippen molar-refractivity contribution in [3.8, 4) is 0 Å². The lowest BCUT2D eigenvalue weighted by Gasteiger charge is -2.20. The van der Waals surface area contributed by atoms with E-state index in [1.165, 1.54) is 0 Å². The molecule has 0 aliphatic rings.